The zero-order valence-electron chi connectivity index (χ0n) is 15.2. The summed E-state index contributed by atoms with van der Waals surface area (Å²) in [5, 5.41) is 5.03. The number of anilines is 1. The van der Waals surface area contributed by atoms with Crippen LogP contribution in [0.15, 0.2) is 33.7 Å². The van der Waals surface area contributed by atoms with E-state index in [9.17, 15) is 4.79 Å². The lowest BCUT2D eigenvalue weighted by molar-refractivity contribution is 0.120. The van der Waals surface area contributed by atoms with Crippen LogP contribution in [0.2, 0.25) is 0 Å². The third kappa shape index (κ3) is 3.29. The molecule has 1 saturated heterocycles. The van der Waals surface area contributed by atoms with Gasteiger partial charge in [0.05, 0.1) is 19.3 Å². The SMILES string of the molecule is O=c1[nH]c(N2CCOCC2)nc2nn(-c3ccc(Br)cc3OC3CCC3)cc12. The summed E-state index contributed by atoms with van der Waals surface area (Å²) in [5.41, 5.74) is 1.01. The van der Waals surface area contributed by atoms with Gasteiger partial charge in [-0.25, -0.2) is 4.68 Å². The van der Waals surface area contributed by atoms with Crippen LogP contribution in [-0.2, 0) is 4.74 Å². The second-order valence-corrected chi connectivity index (χ2v) is 8.00. The highest BCUT2D eigenvalue weighted by Gasteiger charge is 2.22. The van der Waals surface area contributed by atoms with Crippen molar-refractivity contribution in [1.29, 1.82) is 0 Å². The molecule has 1 aliphatic heterocycles. The van der Waals surface area contributed by atoms with Crippen LogP contribution < -0.4 is 15.2 Å². The number of aromatic amines is 1. The Kier molecular flexibility index (Phi) is 4.56. The van der Waals surface area contributed by atoms with Crippen molar-refractivity contribution in [3.8, 4) is 11.4 Å². The Bertz CT molecular complexity index is 1070. The van der Waals surface area contributed by atoms with Crippen molar-refractivity contribution in [2.45, 2.75) is 25.4 Å². The third-order valence-electron chi connectivity index (χ3n) is 5.20. The highest BCUT2D eigenvalue weighted by molar-refractivity contribution is 9.10. The first-order valence-electron chi connectivity index (χ1n) is 9.46. The van der Waals surface area contributed by atoms with Crippen molar-refractivity contribution in [2.24, 2.45) is 0 Å². The molecule has 2 fully saturated rings. The van der Waals surface area contributed by atoms with Crippen LogP contribution in [0.4, 0.5) is 5.95 Å². The fourth-order valence-electron chi connectivity index (χ4n) is 3.39. The average Bonchev–Trinajstić information content (AvgIpc) is 3.10. The number of aromatic nitrogens is 4. The summed E-state index contributed by atoms with van der Waals surface area (Å²) < 4.78 is 14.1. The van der Waals surface area contributed by atoms with E-state index in [0.29, 0.717) is 43.3 Å². The zero-order valence-corrected chi connectivity index (χ0v) is 16.8. The normalized spacial score (nSPS) is 17.7. The van der Waals surface area contributed by atoms with Crippen molar-refractivity contribution in [1.82, 2.24) is 19.7 Å². The smallest absolute Gasteiger partial charge is 0.263 e. The molecule has 0 unspecified atom stereocenters. The van der Waals surface area contributed by atoms with E-state index in [1.807, 2.05) is 23.1 Å². The Morgan fingerprint density at radius 1 is 1.25 bits per heavy atom. The van der Waals surface area contributed by atoms with Crippen molar-refractivity contribution < 1.29 is 9.47 Å². The van der Waals surface area contributed by atoms with Crippen molar-refractivity contribution in [3.63, 3.8) is 0 Å². The maximum atomic E-state index is 12.6. The Balaban J connectivity index is 1.54. The summed E-state index contributed by atoms with van der Waals surface area (Å²) >= 11 is 3.51. The molecule has 0 amide bonds. The second kappa shape index (κ2) is 7.21. The largest absolute Gasteiger partial charge is 0.488 e. The molecule has 2 aromatic heterocycles. The fourth-order valence-corrected chi connectivity index (χ4v) is 3.73. The van der Waals surface area contributed by atoms with E-state index >= 15 is 0 Å². The molecule has 28 heavy (non-hydrogen) atoms. The van der Waals surface area contributed by atoms with Gasteiger partial charge in [-0.3, -0.25) is 9.78 Å². The van der Waals surface area contributed by atoms with Crippen LogP contribution in [0.3, 0.4) is 0 Å². The molecular weight excluding hydrogens is 426 g/mol. The van der Waals surface area contributed by atoms with Crippen molar-refractivity contribution in [2.75, 3.05) is 31.2 Å². The summed E-state index contributed by atoms with van der Waals surface area (Å²) in [7, 11) is 0. The van der Waals surface area contributed by atoms with Gasteiger partial charge in [0.2, 0.25) is 5.95 Å². The molecule has 1 aromatic carbocycles. The van der Waals surface area contributed by atoms with Gasteiger partial charge in [0.1, 0.15) is 16.8 Å². The number of rotatable bonds is 4. The quantitative estimate of drug-likeness (QED) is 0.664. The first kappa shape index (κ1) is 17.7. The number of fused-ring (bicyclic) bond motifs is 1. The molecule has 8 nitrogen and oxygen atoms in total. The molecule has 0 radical (unpaired) electrons. The lowest BCUT2D eigenvalue weighted by Crippen LogP contribution is -2.38. The van der Waals surface area contributed by atoms with Gasteiger partial charge < -0.3 is 14.4 Å². The molecule has 2 aliphatic rings. The molecule has 0 spiro atoms. The number of ether oxygens (including phenoxy) is 2. The van der Waals surface area contributed by atoms with Gasteiger partial charge in [0.15, 0.2) is 5.65 Å². The molecule has 5 rings (SSSR count). The van der Waals surface area contributed by atoms with E-state index in [1.165, 1.54) is 6.42 Å². The maximum absolute atomic E-state index is 12.6. The van der Waals surface area contributed by atoms with Gasteiger partial charge in [-0.1, -0.05) is 15.9 Å². The van der Waals surface area contributed by atoms with E-state index in [1.54, 1.807) is 10.9 Å². The lowest BCUT2D eigenvalue weighted by atomic mass is 9.96. The fraction of sp³-hybridized carbons (Fsp3) is 0.421. The number of benzene rings is 1. The molecule has 9 heteroatoms. The van der Waals surface area contributed by atoms with Gasteiger partial charge in [0.25, 0.3) is 5.56 Å². The summed E-state index contributed by atoms with van der Waals surface area (Å²) in [6.07, 6.45) is 5.28. The predicted molar refractivity (Wildman–Crippen MR) is 108 cm³/mol. The van der Waals surface area contributed by atoms with Gasteiger partial charge >= 0.3 is 0 Å². The van der Waals surface area contributed by atoms with Crippen LogP contribution in [0.5, 0.6) is 5.75 Å². The van der Waals surface area contributed by atoms with E-state index in [2.05, 4.69) is 31.0 Å². The summed E-state index contributed by atoms with van der Waals surface area (Å²) in [4.78, 5) is 22.1. The molecule has 146 valence electrons. The van der Waals surface area contributed by atoms with E-state index in [0.717, 1.165) is 28.8 Å². The topological polar surface area (TPSA) is 85.3 Å². The maximum Gasteiger partial charge on any atom is 0.263 e. The Labute approximate surface area is 169 Å². The van der Waals surface area contributed by atoms with Crippen molar-refractivity contribution >= 4 is 32.9 Å². The third-order valence-corrected chi connectivity index (χ3v) is 5.69. The van der Waals surface area contributed by atoms with E-state index < -0.39 is 0 Å². The minimum Gasteiger partial charge on any atom is -0.488 e. The lowest BCUT2D eigenvalue weighted by Gasteiger charge is -2.27. The Morgan fingerprint density at radius 2 is 2.07 bits per heavy atom. The van der Waals surface area contributed by atoms with Crippen molar-refractivity contribution in [3.05, 3.63) is 39.2 Å². The number of nitrogens with zero attached hydrogens (tertiary/aromatic N) is 4. The number of H-pyrrole nitrogens is 1. The van der Waals surface area contributed by atoms with E-state index in [4.69, 9.17) is 9.47 Å². The molecule has 3 heterocycles. The Hall–Kier alpha value is -2.39. The van der Waals surface area contributed by atoms with Crippen LogP contribution in [0.25, 0.3) is 16.7 Å². The summed E-state index contributed by atoms with van der Waals surface area (Å²) in [6.45, 7) is 2.64. The minimum atomic E-state index is -0.198. The number of halogens is 1. The number of hydrogen-bond acceptors (Lipinski definition) is 6. The standard InChI is InChI=1S/C19H20BrN5O3/c20-12-4-5-15(16(10-12)28-13-2-1-3-13)25-11-14-17(23-25)21-19(22-18(14)26)24-6-8-27-9-7-24/h4-5,10-11,13H,1-3,6-9H2,(H,21,22,23,26). The van der Waals surface area contributed by atoms with Crippen LogP contribution >= 0.6 is 15.9 Å². The monoisotopic (exact) mass is 445 g/mol. The van der Waals surface area contributed by atoms with Gasteiger partial charge in [-0.05, 0) is 37.5 Å². The molecular formula is C19H20BrN5O3. The van der Waals surface area contributed by atoms with Crippen LogP contribution in [0.1, 0.15) is 19.3 Å². The molecule has 0 atom stereocenters. The highest BCUT2D eigenvalue weighted by atomic mass is 79.9. The number of nitrogens with one attached hydrogen (secondary N) is 1. The minimum absolute atomic E-state index is 0.198. The molecule has 0 bridgehead atoms. The summed E-state index contributed by atoms with van der Waals surface area (Å²) in [5.74, 6) is 1.28. The average molecular weight is 446 g/mol. The number of morpholine rings is 1. The molecule has 1 saturated carbocycles. The second-order valence-electron chi connectivity index (χ2n) is 7.08. The van der Waals surface area contributed by atoms with Crippen LogP contribution in [0, 0.1) is 0 Å². The Morgan fingerprint density at radius 3 is 2.82 bits per heavy atom. The molecule has 1 aliphatic carbocycles. The van der Waals surface area contributed by atoms with E-state index in [-0.39, 0.29) is 11.7 Å². The highest BCUT2D eigenvalue weighted by Crippen LogP contribution is 2.32. The number of hydrogen-bond donors (Lipinski definition) is 1. The predicted octanol–water partition coefficient (Wildman–Crippen LogP) is 2.64. The van der Waals surface area contributed by atoms with Gasteiger partial charge in [0, 0.05) is 23.8 Å². The molecule has 3 aromatic rings. The first-order chi connectivity index (χ1) is 13.7. The van der Waals surface area contributed by atoms with Crippen LogP contribution in [-0.4, -0.2) is 52.2 Å². The van der Waals surface area contributed by atoms with Gasteiger partial charge in [-0.15, -0.1) is 5.10 Å². The van der Waals surface area contributed by atoms with Gasteiger partial charge in [-0.2, -0.15) is 4.98 Å². The molecule has 1 N–H and O–H groups in total. The first-order valence-corrected chi connectivity index (χ1v) is 10.3. The zero-order chi connectivity index (χ0) is 19.1. The summed E-state index contributed by atoms with van der Waals surface area (Å²) in [6, 6.07) is 5.81.